The summed E-state index contributed by atoms with van der Waals surface area (Å²) in [5.41, 5.74) is 3.74. The first-order valence-corrected chi connectivity index (χ1v) is 9.71. The van der Waals surface area contributed by atoms with Crippen molar-refractivity contribution in [3.8, 4) is 11.1 Å². The van der Waals surface area contributed by atoms with Crippen molar-refractivity contribution in [1.29, 1.82) is 0 Å². The highest BCUT2D eigenvalue weighted by Crippen LogP contribution is 2.33. The van der Waals surface area contributed by atoms with Crippen molar-refractivity contribution in [2.75, 3.05) is 13.1 Å². The molecule has 1 atom stereocenters. The summed E-state index contributed by atoms with van der Waals surface area (Å²) < 4.78 is 1.78. The van der Waals surface area contributed by atoms with E-state index in [0.29, 0.717) is 12.1 Å². The quantitative estimate of drug-likeness (QED) is 0.699. The molecule has 1 aliphatic heterocycles. The number of carbonyl (C=O) groups excluding carboxylic acids is 1. The Morgan fingerprint density at radius 3 is 2.82 bits per heavy atom. The molecule has 4 rings (SSSR count). The van der Waals surface area contributed by atoms with Gasteiger partial charge < -0.3 is 4.90 Å². The van der Waals surface area contributed by atoms with Gasteiger partial charge in [0.25, 0.3) is 5.91 Å². The van der Waals surface area contributed by atoms with E-state index < -0.39 is 0 Å². The van der Waals surface area contributed by atoms with E-state index in [2.05, 4.69) is 15.1 Å². The molecule has 1 unspecified atom stereocenters. The van der Waals surface area contributed by atoms with Gasteiger partial charge in [-0.25, -0.2) is 9.97 Å². The zero-order chi connectivity index (χ0) is 19.5. The number of pyridine rings is 1. The van der Waals surface area contributed by atoms with Crippen LogP contribution in [0.3, 0.4) is 0 Å². The Labute approximate surface area is 164 Å². The largest absolute Gasteiger partial charge is 0.338 e. The second-order valence-corrected chi connectivity index (χ2v) is 7.13. The van der Waals surface area contributed by atoms with Crippen molar-refractivity contribution in [1.82, 2.24) is 29.6 Å². The Balaban J connectivity index is 1.61. The molecule has 4 heterocycles. The maximum Gasteiger partial charge on any atom is 0.257 e. The molecule has 0 spiro atoms. The Morgan fingerprint density at radius 1 is 1.25 bits per heavy atom. The maximum absolute atomic E-state index is 13.0. The third-order valence-electron chi connectivity index (χ3n) is 5.23. The zero-order valence-electron chi connectivity index (χ0n) is 16.2. The Hall–Kier alpha value is -3.09. The van der Waals surface area contributed by atoms with E-state index in [1.807, 2.05) is 43.3 Å². The highest BCUT2D eigenvalue weighted by Gasteiger charge is 2.29. The Bertz CT molecular complexity index is 968. The highest BCUT2D eigenvalue weighted by molar-refractivity contribution is 5.93. The Kier molecular flexibility index (Phi) is 5.14. The van der Waals surface area contributed by atoms with Gasteiger partial charge in [0.2, 0.25) is 0 Å². The molecule has 3 aromatic heterocycles. The van der Waals surface area contributed by atoms with Crippen molar-refractivity contribution in [2.45, 2.75) is 39.2 Å². The first-order chi connectivity index (χ1) is 13.7. The molecule has 3 aromatic rings. The van der Waals surface area contributed by atoms with Crippen LogP contribution >= 0.6 is 0 Å². The molecule has 0 saturated carbocycles. The van der Waals surface area contributed by atoms with E-state index in [4.69, 9.17) is 4.98 Å². The smallest absolute Gasteiger partial charge is 0.257 e. The van der Waals surface area contributed by atoms with E-state index in [-0.39, 0.29) is 11.8 Å². The summed E-state index contributed by atoms with van der Waals surface area (Å²) in [5.74, 6) is 0.977. The molecule has 1 saturated heterocycles. The van der Waals surface area contributed by atoms with Crippen LogP contribution in [0.15, 0.2) is 43.1 Å². The average Bonchev–Trinajstić information content (AvgIpc) is 3.23. The van der Waals surface area contributed by atoms with Crippen LogP contribution in [0.25, 0.3) is 11.1 Å². The minimum absolute atomic E-state index is 0.0423. The molecule has 0 bridgehead atoms. The topological polar surface area (TPSA) is 76.8 Å². The number of piperidine rings is 1. The number of carbonyl (C=O) groups is 1. The number of likely N-dealkylation sites (tertiary alicyclic amines) is 1. The molecule has 7 nitrogen and oxygen atoms in total. The van der Waals surface area contributed by atoms with Gasteiger partial charge in [-0.15, -0.1) is 0 Å². The molecule has 1 amide bonds. The van der Waals surface area contributed by atoms with Crippen LogP contribution in [0.4, 0.5) is 0 Å². The van der Waals surface area contributed by atoms with E-state index in [9.17, 15) is 4.79 Å². The minimum Gasteiger partial charge on any atom is -0.338 e. The third-order valence-corrected chi connectivity index (χ3v) is 5.23. The second-order valence-electron chi connectivity index (χ2n) is 7.13. The zero-order valence-corrected chi connectivity index (χ0v) is 16.2. The minimum atomic E-state index is 0.0423. The van der Waals surface area contributed by atoms with Crippen LogP contribution in [0.2, 0.25) is 0 Å². The predicted molar refractivity (Wildman–Crippen MR) is 106 cm³/mol. The molecule has 0 N–H and O–H groups in total. The molecule has 0 aromatic carbocycles. The summed E-state index contributed by atoms with van der Waals surface area (Å²) >= 11 is 0. The van der Waals surface area contributed by atoms with Crippen LogP contribution in [-0.2, 0) is 6.54 Å². The number of aromatic nitrogens is 5. The summed E-state index contributed by atoms with van der Waals surface area (Å²) in [6.07, 6.45) is 10.9. The van der Waals surface area contributed by atoms with Gasteiger partial charge in [-0.2, -0.15) is 5.10 Å². The lowest BCUT2D eigenvalue weighted by molar-refractivity contribution is 0.0706. The maximum atomic E-state index is 13.0. The summed E-state index contributed by atoms with van der Waals surface area (Å²) in [6.45, 7) is 6.10. The molecule has 0 aliphatic carbocycles. The van der Waals surface area contributed by atoms with E-state index in [0.717, 1.165) is 48.6 Å². The monoisotopic (exact) mass is 376 g/mol. The lowest BCUT2D eigenvalue weighted by Gasteiger charge is -2.33. The van der Waals surface area contributed by atoms with E-state index in [1.165, 1.54) is 0 Å². The molecular weight excluding hydrogens is 352 g/mol. The SMILES string of the molecule is CCn1cc(C(=O)N2CCCC(c3nc(C)ncc3-c3ccncc3)C2)cn1. The summed E-state index contributed by atoms with van der Waals surface area (Å²) in [5, 5.41) is 4.24. The molecule has 7 heteroatoms. The van der Waals surface area contributed by atoms with Gasteiger partial charge in [0.05, 0.1) is 17.5 Å². The number of hydrogen-bond donors (Lipinski definition) is 0. The van der Waals surface area contributed by atoms with Gasteiger partial charge in [-0.1, -0.05) is 0 Å². The van der Waals surface area contributed by atoms with Crippen molar-refractivity contribution in [3.05, 3.63) is 60.2 Å². The number of rotatable bonds is 4. The predicted octanol–water partition coefficient (Wildman–Crippen LogP) is 3.08. The lowest BCUT2D eigenvalue weighted by Crippen LogP contribution is -2.39. The molecule has 28 heavy (non-hydrogen) atoms. The van der Waals surface area contributed by atoms with E-state index in [1.54, 1.807) is 23.3 Å². The van der Waals surface area contributed by atoms with Crippen molar-refractivity contribution in [3.63, 3.8) is 0 Å². The van der Waals surface area contributed by atoms with Gasteiger partial charge in [-0.05, 0) is 44.4 Å². The van der Waals surface area contributed by atoms with Gasteiger partial charge >= 0.3 is 0 Å². The Morgan fingerprint density at radius 2 is 2.07 bits per heavy atom. The number of hydrogen-bond acceptors (Lipinski definition) is 5. The van der Waals surface area contributed by atoms with Gasteiger partial charge in [0.1, 0.15) is 5.82 Å². The molecule has 1 aliphatic rings. The summed E-state index contributed by atoms with van der Waals surface area (Å²) in [7, 11) is 0. The standard InChI is InChI=1S/C21H24N6O/c1-3-27-14-18(11-24-27)21(28)26-10-4-5-17(13-26)20-19(12-23-15(2)25-20)16-6-8-22-9-7-16/h6-9,11-12,14,17H,3-5,10,13H2,1-2H3. The summed E-state index contributed by atoms with van der Waals surface area (Å²) in [6, 6.07) is 3.95. The average molecular weight is 376 g/mol. The third kappa shape index (κ3) is 3.65. The number of amides is 1. The fraction of sp³-hybridized carbons (Fsp3) is 0.381. The second kappa shape index (κ2) is 7.88. The van der Waals surface area contributed by atoms with Gasteiger partial charge in [0, 0.05) is 55.9 Å². The van der Waals surface area contributed by atoms with Crippen molar-refractivity contribution < 1.29 is 4.79 Å². The molecular formula is C21H24N6O. The number of nitrogens with zero attached hydrogens (tertiary/aromatic N) is 6. The molecule has 144 valence electrons. The number of aryl methyl sites for hydroxylation is 2. The van der Waals surface area contributed by atoms with Crippen LogP contribution in [0.5, 0.6) is 0 Å². The fourth-order valence-electron chi connectivity index (χ4n) is 3.77. The van der Waals surface area contributed by atoms with Crippen LogP contribution in [0.1, 0.15) is 47.6 Å². The molecule has 0 radical (unpaired) electrons. The van der Waals surface area contributed by atoms with Gasteiger partial charge in [0.15, 0.2) is 0 Å². The fourth-order valence-corrected chi connectivity index (χ4v) is 3.77. The summed E-state index contributed by atoms with van der Waals surface area (Å²) in [4.78, 5) is 28.2. The first kappa shape index (κ1) is 18.3. The van der Waals surface area contributed by atoms with Crippen LogP contribution in [-0.4, -0.2) is 48.6 Å². The normalized spacial score (nSPS) is 16.9. The van der Waals surface area contributed by atoms with Crippen molar-refractivity contribution >= 4 is 5.91 Å². The first-order valence-electron chi connectivity index (χ1n) is 9.71. The lowest BCUT2D eigenvalue weighted by atomic mass is 9.90. The van der Waals surface area contributed by atoms with Gasteiger partial charge in [-0.3, -0.25) is 14.5 Å². The van der Waals surface area contributed by atoms with Crippen molar-refractivity contribution in [2.24, 2.45) is 0 Å². The van der Waals surface area contributed by atoms with E-state index >= 15 is 0 Å². The van der Waals surface area contributed by atoms with Crippen LogP contribution < -0.4 is 0 Å². The molecule has 1 fully saturated rings. The highest BCUT2D eigenvalue weighted by atomic mass is 16.2. The van der Waals surface area contributed by atoms with Crippen LogP contribution in [0, 0.1) is 6.92 Å².